The van der Waals surface area contributed by atoms with Gasteiger partial charge in [0.15, 0.2) is 0 Å². The van der Waals surface area contributed by atoms with Gasteiger partial charge in [-0.2, -0.15) is 0 Å². The molecule has 4 nitrogen and oxygen atoms in total. The number of pyridine rings is 1. The summed E-state index contributed by atoms with van der Waals surface area (Å²) in [4.78, 5) is 6.83. The molecule has 106 valence electrons. The molecule has 0 spiro atoms. The molecule has 1 aliphatic heterocycles. The molecule has 19 heavy (non-hydrogen) atoms. The van der Waals surface area contributed by atoms with Crippen LogP contribution in [0.15, 0.2) is 18.3 Å². The Morgan fingerprint density at radius 2 is 2.11 bits per heavy atom. The van der Waals surface area contributed by atoms with Crippen LogP contribution in [0, 0.1) is 6.92 Å². The van der Waals surface area contributed by atoms with E-state index in [1.807, 2.05) is 19.2 Å². The van der Waals surface area contributed by atoms with Crippen molar-refractivity contribution in [2.75, 3.05) is 26.3 Å². The molecule has 2 rings (SSSR count). The van der Waals surface area contributed by atoms with Gasteiger partial charge in [-0.3, -0.25) is 9.88 Å². The molecule has 2 N–H and O–H groups in total. The summed E-state index contributed by atoms with van der Waals surface area (Å²) < 4.78 is 5.45. The zero-order chi connectivity index (χ0) is 13.9. The van der Waals surface area contributed by atoms with Crippen LogP contribution in [0.2, 0.25) is 0 Å². The number of morpholine rings is 1. The fraction of sp³-hybridized carbons (Fsp3) is 0.667. The lowest BCUT2D eigenvalue weighted by atomic mass is 9.83. The molecule has 1 saturated heterocycles. The smallest absolute Gasteiger partial charge is 0.0594 e. The standard InChI is InChI=1S/C15H25N3O/c1-4-15(3,18-7-9-19-10-8-18)14(16)13-6-5-12(2)17-11-13/h5-6,11,14H,4,7-10,16H2,1-3H3. The minimum atomic E-state index is -0.0410. The van der Waals surface area contributed by atoms with Crippen LogP contribution in [-0.2, 0) is 4.74 Å². The zero-order valence-electron chi connectivity index (χ0n) is 12.2. The molecule has 0 amide bonds. The van der Waals surface area contributed by atoms with Crippen LogP contribution in [0.3, 0.4) is 0 Å². The lowest BCUT2D eigenvalue weighted by Gasteiger charge is -2.46. The number of nitrogens with zero attached hydrogens (tertiary/aromatic N) is 2. The molecule has 2 atom stereocenters. The lowest BCUT2D eigenvalue weighted by Crippen LogP contribution is -2.56. The highest BCUT2D eigenvalue weighted by Gasteiger charge is 2.37. The lowest BCUT2D eigenvalue weighted by molar-refractivity contribution is -0.0278. The summed E-state index contributed by atoms with van der Waals surface area (Å²) in [7, 11) is 0. The quantitative estimate of drug-likeness (QED) is 0.901. The van der Waals surface area contributed by atoms with E-state index in [1.165, 1.54) is 0 Å². The summed E-state index contributed by atoms with van der Waals surface area (Å²) in [6.45, 7) is 9.97. The Bertz CT molecular complexity index is 400. The monoisotopic (exact) mass is 263 g/mol. The number of aryl methyl sites for hydroxylation is 1. The number of hydrogen-bond donors (Lipinski definition) is 1. The largest absolute Gasteiger partial charge is 0.379 e. The molecule has 1 fully saturated rings. The third-order valence-corrected chi connectivity index (χ3v) is 4.41. The molecule has 0 aromatic carbocycles. The van der Waals surface area contributed by atoms with Crippen molar-refractivity contribution in [3.63, 3.8) is 0 Å². The molecule has 4 heteroatoms. The number of hydrogen-bond acceptors (Lipinski definition) is 4. The van der Waals surface area contributed by atoms with Gasteiger partial charge in [0.25, 0.3) is 0 Å². The molecule has 0 radical (unpaired) electrons. The molecule has 1 aromatic heterocycles. The first-order valence-corrected chi connectivity index (χ1v) is 7.09. The van der Waals surface area contributed by atoms with Gasteiger partial charge in [0.1, 0.15) is 0 Å². The average molecular weight is 263 g/mol. The molecular weight excluding hydrogens is 238 g/mol. The van der Waals surface area contributed by atoms with E-state index in [0.29, 0.717) is 0 Å². The SMILES string of the molecule is CCC(C)(C(N)c1ccc(C)nc1)N1CCOCC1. The van der Waals surface area contributed by atoms with Crippen molar-refractivity contribution in [2.45, 2.75) is 38.8 Å². The first-order chi connectivity index (χ1) is 9.08. The van der Waals surface area contributed by atoms with Crippen LogP contribution >= 0.6 is 0 Å². The summed E-state index contributed by atoms with van der Waals surface area (Å²) in [5.41, 5.74) is 8.64. The third kappa shape index (κ3) is 2.96. The fourth-order valence-corrected chi connectivity index (χ4v) is 2.74. The first kappa shape index (κ1) is 14.4. The minimum Gasteiger partial charge on any atom is -0.379 e. The Morgan fingerprint density at radius 3 is 2.63 bits per heavy atom. The third-order valence-electron chi connectivity index (χ3n) is 4.41. The average Bonchev–Trinajstić information content (AvgIpc) is 2.47. The van der Waals surface area contributed by atoms with Gasteiger partial charge in [0.2, 0.25) is 0 Å². The summed E-state index contributed by atoms with van der Waals surface area (Å²) in [6, 6.07) is 4.11. The van der Waals surface area contributed by atoms with Crippen LogP contribution < -0.4 is 5.73 Å². The van der Waals surface area contributed by atoms with Gasteiger partial charge in [-0.25, -0.2) is 0 Å². The van der Waals surface area contributed by atoms with E-state index >= 15 is 0 Å². The Hall–Kier alpha value is -0.970. The van der Waals surface area contributed by atoms with E-state index < -0.39 is 0 Å². The van der Waals surface area contributed by atoms with Crippen LogP contribution in [0.1, 0.15) is 37.6 Å². The van der Waals surface area contributed by atoms with Crippen LogP contribution in [-0.4, -0.2) is 41.7 Å². The Labute approximate surface area is 116 Å². The molecule has 2 unspecified atom stereocenters. The van der Waals surface area contributed by atoms with Gasteiger partial charge in [0, 0.05) is 36.6 Å². The van der Waals surface area contributed by atoms with Crippen molar-refractivity contribution in [2.24, 2.45) is 5.73 Å². The van der Waals surface area contributed by atoms with Crippen molar-refractivity contribution in [1.29, 1.82) is 0 Å². The van der Waals surface area contributed by atoms with Gasteiger partial charge in [0.05, 0.1) is 13.2 Å². The van der Waals surface area contributed by atoms with Crippen molar-refractivity contribution < 1.29 is 4.74 Å². The maximum absolute atomic E-state index is 6.54. The molecule has 0 bridgehead atoms. The molecule has 0 saturated carbocycles. The molecule has 1 aliphatic rings. The van der Waals surface area contributed by atoms with Crippen LogP contribution in [0.25, 0.3) is 0 Å². The highest BCUT2D eigenvalue weighted by molar-refractivity contribution is 5.21. The van der Waals surface area contributed by atoms with Crippen LogP contribution in [0.5, 0.6) is 0 Å². The second kappa shape index (κ2) is 5.99. The Kier molecular flexibility index (Phi) is 4.55. The van der Waals surface area contributed by atoms with E-state index in [-0.39, 0.29) is 11.6 Å². The highest BCUT2D eigenvalue weighted by atomic mass is 16.5. The van der Waals surface area contributed by atoms with E-state index in [2.05, 4.69) is 29.8 Å². The summed E-state index contributed by atoms with van der Waals surface area (Å²) in [5, 5.41) is 0. The predicted molar refractivity (Wildman–Crippen MR) is 77.0 cm³/mol. The minimum absolute atomic E-state index is 0.0244. The maximum Gasteiger partial charge on any atom is 0.0594 e. The van der Waals surface area contributed by atoms with Crippen LogP contribution in [0.4, 0.5) is 0 Å². The molecule has 2 heterocycles. The topological polar surface area (TPSA) is 51.4 Å². The normalized spacial score (nSPS) is 21.9. The second-order valence-corrected chi connectivity index (χ2v) is 5.52. The van der Waals surface area contributed by atoms with E-state index in [4.69, 9.17) is 10.5 Å². The van der Waals surface area contributed by atoms with E-state index in [9.17, 15) is 0 Å². The van der Waals surface area contributed by atoms with Gasteiger partial charge < -0.3 is 10.5 Å². The van der Waals surface area contributed by atoms with E-state index in [0.717, 1.165) is 44.0 Å². The fourth-order valence-electron chi connectivity index (χ4n) is 2.74. The van der Waals surface area contributed by atoms with Crippen molar-refractivity contribution in [3.05, 3.63) is 29.6 Å². The molecular formula is C15H25N3O. The van der Waals surface area contributed by atoms with Gasteiger partial charge in [-0.1, -0.05) is 13.0 Å². The van der Waals surface area contributed by atoms with Crippen molar-refractivity contribution >= 4 is 0 Å². The number of aromatic nitrogens is 1. The first-order valence-electron chi connectivity index (χ1n) is 7.09. The molecule has 1 aromatic rings. The van der Waals surface area contributed by atoms with Crippen molar-refractivity contribution in [1.82, 2.24) is 9.88 Å². The summed E-state index contributed by atoms with van der Waals surface area (Å²) >= 11 is 0. The number of nitrogens with two attached hydrogens (primary N) is 1. The molecule has 0 aliphatic carbocycles. The Morgan fingerprint density at radius 1 is 1.42 bits per heavy atom. The van der Waals surface area contributed by atoms with Crippen molar-refractivity contribution in [3.8, 4) is 0 Å². The second-order valence-electron chi connectivity index (χ2n) is 5.52. The summed E-state index contributed by atoms with van der Waals surface area (Å²) in [5.74, 6) is 0. The van der Waals surface area contributed by atoms with Gasteiger partial charge in [-0.05, 0) is 31.9 Å². The predicted octanol–water partition coefficient (Wildman–Crippen LogP) is 1.89. The summed E-state index contributed by atoms with van der Waals surface area (Å²) in [6.07, 6.45) is 2.93. The Balaban J connectivity index is 2.21. The number of ether oxygens (including phenoxy) is 1. The van der Waals surface area contributed by atoms with Gasteiger partial charge in [-0.15, -0.1) is 0 Å². The number of rotatable bonds is 4. The zero-order valence-corrected chi connectivity index (χ0v) is 12.2. The highest BCUT2D eigenvalue weighted by Crippen LogP contribution is 2.32. The maximum atomic E-state index is 6.54. The van der Waals surface area contributed by atoms with Gasteiger partial charge >= 0.3 is 0 Å². The van der Waals surface area contributed by atoms with E-state index in [1.54, 1.807) is 0 Å².